The zero-order chi connectivity index (χ0) is 26.5. The molecule has 5 rings (SSSR count). The van der Waals surface area contributed by atoms with Gasteiger partial charge >= 0.3 is 0 Å². The van der Waals surface area contributed by atoms with Gasteiger partial charge in [-0.1, -0.05) is 41.9 Å². The average Bonchev–Trinajstić information content (AvgIpc) is 2.93. The summed E-state index contributed by atoms with van der Waals surface area (Å²) < 4.78 is 34.7. The van der Waals surface area contributed by atoms with Gasteiger partial charge < -0.3 is 9.64 Å². The number of para-hydroxylation sites is 1. The Kier molecular flexibility index (Phi) is 7.56. The number of amides is 1. The van der Waals surface area contributed by atoms with Crippen molar-refractivity contribution in [2.75, 3.05) is 4.90 Å². The molecule has 0 N–H and O–H groups in total. The summed E-state index contributed by atoms with van der Waals surface area (Å²) in [6, 6.07) is 24.3. The van der Waals surface area contributed by atoms with Gasteiger partial charge in [0.25, 0.3) is 0 Å². The topological polar surface area (TPSA) is 55.3 Å². The maximum absolute atomic E-state index is 14.4. The summed E-state index contributed by atoms with van der Waals surface area (Å²) in [5.41, 5.74) is 2.65. The van der Waals surface area contributed by atoms with E-state index in [1.165, 1.54) is 4.90 Å². The molecule has 0 unspecified atom stereocenters. The van der Waals surface area contributed by atoms with E-state index in [0.29, 0.717) is 11.4 Å². The quantitative estimate of drug-likeness (QED) is 0.219. The Morgan fingerprint density at radius 3 is 2.42 bits per heavy atom. The highest BCUT2D eigenvalue weighted by Gasteiger charge is 2.21. The minimum absolute atomic E-state index is 0.0714. The number of anilines is 1. The Hall–Kier alpha value is -4.36. The molecule has 2 aromatic heterocycles. The summed E-state index contributed by atoms with van der Waals surface area (Å²) in [5, 5.41) is 0.982. The Balaban J connectivity index is 1.34. The molecule has 2 heterocycles. The second-order valence-corrected chi connectivity index (χ2v) is 9.08. The molecular weight excluding hydrogens is 508 g/mol. The highest BCUT2D eigenvalue weighted by molar-refractivity contribution is 6.30. The molecule has 3 aromatic carbocycles. The smallest absolute Gasteiger partial charge is 0.231 e. The summed E-state index contributed by atoms with van der Waals surface area (Å²) in [6.45, 7) is 0.447. The lowest BCUT2D eigenvalue weighted by Gasteiger charge is -2.23. The van der Waals surface area contributed by atoms with E-state index in [2.05, 4.69) is 9.97 Å². The third-order valence-electron chi connectivity index (χ3n) is 5.99. The predicted molar refractivity (Wildman–Crippen MR) is 143 cm³/mol. The van der Waals surface area contributed by atoms with E-state index in [4.69, 9.17) is 16.3 Å². The van der Waals surface area contributed by atoms with Gasteiger partial charge in [0.15, 0.2) is 0 Å². The molecule has 0 radical (unpaired) electrons. The van der Waals surface area contributed by atoms with E-state index in [0.717, 1.165) is 34.3 Å². The van der Waals surface area contributed by atoms with Crippen LogP contribution in [0.3, 0.4) is 0 Å². The van der Waals surface area contributed by atoms with Crippen LogP contribution in [-0.2, 0) is 24.4 Å². The Morgan fingerprint density at radius 1 is 0.921 bits per heavy atom. The molecule has 0 saturated carbocycles. The van der Waals surface area contributed by atoms with Crippen LogP contribution in [0.25, 0.3) is 10.9 Å². The molecule has 38 heavy (non-hydrogen) atoms. The lowest BCUT2D eigenvalue weighted by Crippen LogP contribution is -2.32. The number of ether oxygens (including phenoxy) is 1. The standard InChI is InChI=1S/C30H22ClF2N3O2/c31-22-14-27(32)26(28(33)15-22)16-30(37)36(18-20-4-3-13-34-17-20)24-9-11-25(12-10-24)38-19-23-8-7-21-5-1-2-6-29(21)35-23/h1-15,17H,16,18-19H2. The Morgan fingerprint density at radius 2 is 1.68 bits per heavy atom. The maximum atomic E-state index is 14.4. The van der Waals surface area contributed by atoms with Gasteiger partial charge in [0.2, 0.25) is 5.91 Å². The zero-order valence-corrected chi connectivity index (χ0v) is 20.9. The summed E-state index contributed by atoms with van der Waals surface area (Å²) in [7, 11) is 0. The van der Waals surface area contributed by atoms with Crippen LogP contribution in [0.5, 0.6) is 5.75 Å². The summed E-state index contributed by atoms with van der Waals surface area (Å²) in [4.78, 5) is 23.5. The first-order valence-corrected chi connectivity index (χ1v) is 12.2. The van der Waals surface area contributed by atoms with Crippen molar-refractivity contribution >= 4 is 34.1 Å². The lowest BCUT2D eigenvalue weighted by molar-refractivity contribution is -0.118. The van der Waals surface area contributed by atoms with Crippen LogP contribution >= 0.6 is 11.6 Å². The summed E-state index contributed by atoms with van der Waals surface area (Å²) in [6.07, 6.45) is 2.80. The number of halogens is 3. The van der Waals surface area contributed by atoms with Crippen LogP contribution in [-0.4, -0.2) is 15.9 Å². The molecule has 5 aromatic rings. The summed E-state index contributed by atoms with van der Waals surface area (Å²) in [5.74, 6) is -1.62. The number of hydrogen-bond acceptors (Lipinski definition) is 4. The Bertz CT molecular complexity index is 1560. The molecule has 0 aliphatic rings. The normalized spacial score (nSPS) is 10.9. The summed E-state index contributed by atoms with van der Waals surface area (Å²) >= 11 is 5.73. The van der Waals surface area contributed by atoms with E-state index in [-0.39, 0.29) is 23.7 Å². The Labute approximate surface area is 223 Å². The number of aromatic nitrogens is 2. The van der Waals surface area contributed by atoms with E-state index >= 15 is 0 Å². The van der Waals surface area contributed by atoms with E-state index in [1.54, 1.807) is 42.7 Å². The van der Waals surface area contributed by atoms with Crippen molar-refractivity contribution in [2.45, 2.75) is 19.6 Å². The fraction of sp³-hybridized carbons (Fsp3) is 0.100. The molecule has 0 aliphatic heterocycles. The van der Waals surface area contributed by atoms with Gasteiger partial charge in [0.1, 0.15) is 24.0 Å². The molecule has 1 amide bonds. The first-order valence-electron chi connectivity index (χ1n) is 11.9. The number of fused-ring (bicyclic) bond motifs is 1. The zero-order valence-electron chi connectivity index (χ0n) is 20.2. The van der Waals surface area contributed by atoms with Crippen molar-refractivity contribution in [1.29, 1.82) is 0 Å². The second-order valence-electron chi connectivity index (χ2n) is 8.64. The highest BCUT2D eigenvalue weighted by atomic mass is 35.5. The monoisotopic (exact) mass is 529 g/mol. The van der Waals surface area contributed by atoms with Crippen LogP contribution in [0.1, 0.15) is 16.8 Å². The van der Waals surface area contributed by atoms with E-state index in [9.17, 15) is 13.6 Å². The molecule has 0 spiro atoms. The van der Waals surface area contributed by atoms with Crippen molar-refractivity contribution < 1.29 is 18.3 Å². The van der Waals surface area contributed by atoms with Crippen molar-refractivity contribution in [3.05, 3.63) is 131 Å². The molecule has 0 fully saturated rings. The van der Waals surface area contributed by atoms with Gasteiger partial charge in [-0.2, -0.15) is 0 Å². The van der Waals surface area contributed by atoms with Crippen LogP contribution in [0.15, 0.2) is 97.3 Å². The lowest BCUT2D eigenvalue weighted by atomic mass is 10.1. The second kappa shape index (κ2) is 11.4. The fourth-order valence-corrected chi connectivity index (χ4v) is 4.25. The number of rotatable bonds is 8. The molecule has 0 bridgehead atoms. The van der Waals surface area contributed by atoms with Crippen molar-refractivity contribution in [2.24, 2.45) is 0 Å². The highest BCUT2D eigenvalue weighted by Crippen LogP contribution is 2.25. The number of carbonyl (C=O) groups excluding carboxylic acids is 1. The van der Waals surface area contributed by atoms with E-state index in [1.807, 2.05) is 42.5 Å². The number of benzene rings is 3. The number of nitrogens with zero attached hydrogens (tertiary/aromatic N) is 3. The molecule has 5 nitrogen and oxygen atoms in total. The van der Waals surface area contributed by atoms with Gasteiger partial charge in [-0.3, -0.25) is 9.78 Å². The van der Waals surface area contributed by atoms with E-state index < -0.39 is 24.0 Å². The van der Waals surface area contributed by atoms with Gasteiger partial charge in [0.05, 0.1) is 24.2 Å². The third-order valence-corrected chi connectivity index (χ3v) is 6.21. The fourth-order valence-electron chi connectivity index (χ4n) is 4.05. The number of hydrogen-bond donors (Lipinski definition) is 0. The average molecular weight is 530 g/mol. The molecule has 8 heteroatoms. The van der Waals surface area contributed by atoms with Crippen molar-refractivity contribution in [1.82, 2.24) is 9.97 Å². The van der Waals surface area contributed by atoms with Crippen LogP contribution in [0, 0.1) is 11.6 Å². The molecule has 0 atom stereocenters. The van der Waals surface area contributed by atoms with Gasteiger partial charge in [0, 0.05) is 34.1 Å². The number of pyridine rings is 2. The SMILES string of the molecule is O=C(Cc1c(F)cc(Cl)cc1F)N(Cc1cccnc1)c1ccc(OCc2ccc3ccccc3n2)cc1. The molecular formula is C30H22ClF2N3O2. The van der Waals surface area contributed by atoms with Gasteiger partial charge in [-0.25, -0.2) is 13.8 Å². The minimum Gasteiger partial charge on any atom is -0.487 e. The predicted octanol–water partition coefficient (Wildman–Crippen LogP) is 6.92. The maximum Gasteiger partial charge on any atom is 0.231 e. The van der Waals surface area contributed by atoms with Crippen molar-refractivity contribution in [3.8, 4) is 5.75 Å². The molecule has 190 valence electrons. The minimum atomic E-state index is -0.865. The van der Waals surface area contributed by atoms with Crippen LogP contribution in [0.4, 0.5) is 14.5 Å². The van der Waals surface area contributed by atoms with Crippen LogP contribution in [0.2, 0.25) is 5.02 Å². The van der Waals surface area contributed by atoms with Gasteiger partial charge in [-0.15, -0.1) is 0 Å². The van der Waals surface area contributed by atoms with Crippen LogP contribution < -0.4 is 9.64 Å². The molecule has 0 aliphatic carbocycles. The number of carbonyl (C=O) groups is 1. The van der Waals surface area contributed by atoms with Gasteiger partial charge in [-0.05, 0) is 60.2 Å². The van der Waals surface area contributed by atoms with Crippen molar-refractivity contribution in [3.63, 3.8) is 0 Å². The third kappa shape index (κ3) is 5.95. The molecule has 0 saturated heterocycles. The first-order chi connectivity index (χ1) is 18.5. The largest absolute Gasteiger partial charge is 0.487 e. The first kappa shape index (κ1) is 25.3.